The summed E-state index contributed by atoms with van der Waals surface area (Å²) in [4.78, 5) is 30.9. The third kappa shape index (κ3) is 11.1. The number of Topliss-reactive ketones (excluding diaryl/α,β-unsaturated/α-hetero) is 1. The topological polar surface area (TPSA) is 113 Å². The average Bonchev–Trinajstić information content (AvgIpc) is 2.17. The highest BCUT2D eigenvalue weighted by Gasteiger charge is 2.23. The van der Waals surface area contributed by atoms with E-state index in [2.05, 4.69) is 5.32 Å². The summed E-state index contributed by atoms with van der Waals surface area (Å²) in [5, 5.41) is 16.7. The van der Waals surface area contributed by atoms with Crippen LogP contribution < -0.4 is 5.32 Å². The molecule has 110 valence electrons. The molecule has 1 aliphatic carbocycles. The Morgan fingerprint density at radius 2 is 1.63 bits per heavy atom. The van der Waals surface area contributed by atoms with Gasteiger partial charge in [0.25, 0.3) is 0 Å². The van der Waals surface area contributed by atoms with E-state index in [0.29, 0.717) is 12.8 Å². The lowest BCUT2D eigenvalue weighted by atomic mass is 9.95. The molecule has 3 N–H and O–H groups in total. The third-order valence-corrected chi connectivity index (χ3v) is 2.26. The van der Waals surface area contributed by atoms with Crippen LogP contribution in [0.4, 0.5) is 9.59 Å². The number of ether oxygens (including phenoxy) is 1. The minimum absolute atomic E-state index is 0.0950. The maximum absolute atomic E-state index is 11.4. The zero-order valence-corrected chi connectivity index (χ0v) is 11.4. The summed E-state index contributed by atoms with van der Waals surface area (Å²) in [6.07, 6.45) is 0.388. The van der Waals surface area contributed by atoms with E-state index >= 15 is 0 Å². The first-order valence-corrected chi connectivity index (χ1v) is 6.03. The summed E-state index contributed by atoms with van der Waals surface area (Å²) in [6.45, 7) is 5.49. The summed E-state index contributed by atoms with van der Waals surface area (Å²) in [7, 11) is 0. The Hall–Kier alpha value is -1.79. The van der Waals surface area contributed by atoms with Crippen LogP contribution in [0.25, 0.3) is 0 Å². The van der Waals surface area contributed by atoms with E-state index in [4.69, 9.17) is 19.7 Å². The second-order valence-corrected chi connectivity index (χ2v) is 5.24. The molecule has 7 heteroatoms. The molecule has 1 aliphatic rings. The first kappa shape index (κ1) is 17.2. The highest BCUT2D eigenvalue weighted by Crippen LogP contribution is 2.15. The Labute approximate surface area is 111 Å². The molecule has 0 unspecified atom stereocenters. The van der Waals surface area contributed by atoms with E-state index in [0.717, 1.165) is 12.8 Å². The standard InChI is InChI=1S/C11H19NO3.CH2O3/c1-11(2,3)15-10(14)12-8-4-6-9(13)7-5-8;2-1(3)4/h8H,4-7H2,1-3H3,(H,12,14);(H2,2,3,4). The maximum Gasteiger partial charge on any atom is 0.503 e. The molecule has 1 fully saturated rings. The predicted molar refractivity (Wildman–Crippen MR) is 67.3 cm³/mol. The number of ketones is 1. The molecular formula is C12H21NO6. The fraction of sp³-hybridized carbons (Fsp3) is 0.750. The maximum atomic E-state index is 11.4. The van der Waals surface area contributed by atoms with Gasteiger partial charge in [-0.25, -0.2) is 9.59 Å². The highest BCUT2D eigenvalue weighted by molar-refractivity contribution is 5.79. The van der Waals surface area contributed by atoms with Crippen LogP contribution in [0, 0.1) is 0 Å². The summed E-state index contributed by atoms with van der Waals surface area (Å²) in [5.41, 5.74) is -0.464. The molecule has 1 saturated carbocycles. The number of alkyl carbamates (subject to hydrolysis) is 1. The molecule has 0 aliphatic heterocycles. The molecular weight excluding hydrogens is 254 g/mol. The van der Waals surface area contributed by atoms with E-state index < -0.39 is 11.8 Å². The van der Waals surface area contributed by atoms with Gasteiger partial charge in [0.2, 0.25) is 0 Å². The quantitative estimate of drug-likeness (QED) is 0.676. The number of hydrogen-bond acceptors (Lipinski definition) is 4. The van der Waals surface area contributed by atoms with Crippen molar-refractivity contribution in [3.63, 3.8) is 0 Å². The van der Waals surface area contributed by atoms with E-state index in [1.165, 1.54) is 0 Å². The zero-order valence-electron chi connectivity index (χ0n) is 11.4. The fourth-order valence-electron chi connectivity index (χ4n) is 1.56. The molecule has 0 bridgehead atoms. The number of carbonyl (C=O) groups excluding carboxylic acids is 2. The molecule has 0 aromatic carbocycles. The Bertz CT molecular complexity index is 320. The molecule has 0 atom stereocenters. The van der Waals surface area contributed by atoms with Crippen LogP contribution in [-0.4, -0.2) is 39.9 Å². The number of hydrogen-bond donors (Lipinski definition) is 3. The van der Waals surface area contributed by atoms with E-state index in [1.807, 2.05) is 20.8 Å². The molecule has 1 rings (SSSR count). The summed E-state index contributed by atoms with van der Waals surface area (Å²) in [5.74, 6) is 0.289. The van der Waals surface area contributed by atoms with E-state index in [9.17, 15) is 9.59 Å². The normalized spacial score (nSPS) is 16.1. The number of carbonyl (C=O) groups is 3. The van der Waals surface area contributed by atoms with Crippen molar-refractivity contribution in [3.05, 3.63) is 0 Å². The Kier molecular flexibility index (Phi) is 6.89. The number of amides is 1. The van der Waals surface area contributed by atoms with Crippen molar-refractivity contribution in [3.8, 4) is 0 Å². The lowest BCUT2D eigenvalue weighted by molar-refractivity contribution is -0.120. The number of carboxylic acid groups (broad SMARTS) is 2. The molecule has 1 amide bonds. The van der Waals surface area contributed by atoms with Crippen LogP contribution in [0.15, 0.2) is 0 Å². The monoisotopic (exact) mass is 275 g/mol. The van der Waals surface area contributed by atoms with Crippen LogP contribution in [0.1, 0.15) is 46.5 Å². The van der Waals surface area contributed by atoms with Gasteiger partial charge in [-0.3, -0.25) is 4.79 Å². The van der Waals surface area contributed by atoms with Gasteiger partial charge in [0.1, 0.15) is 11.4 Å². The van der Waals surface area contributed by atoms with Crippen LogP contribution in [0.3, 0.4) is 0 Å². The van der Waals surface area contributed by atoms with Gasteiger partial charge in [-0.1, -0.05) is 0 Å². The second kappa shape index (κ2) is 7.60. The van der Waals surface area contributed by atoms with Crippen LogP contribution in [0.5, 0.6) is 0 Å². The molecule has 0 aromatic rings. The van der Waals surface area contributed by atoms with Crippen molar-refractivity contribution in [1.29, 1.82) is 0 Å². The lowest BCUT2D eigenvalue weighted by Crippen LogP contribution is -2.40. The molecule has 0 aromatic heterocycles. The van der Waals surface area contributed by atoms with Crippen molar-refractivity contribution in [2.24, 2.45) is 0 Å². The van der Waals surface area contributed by atoms with Gasteiger partial charge in [-0.2, -0.15) is 0 Å². The van der Waals surface area contributed by atoms with Crippen molar-refractivity contribution in [1.82, 2.24) is 5.32 Å². The van der Waals surface area contributed by atoms with Crippen LogP contribution in [0.2, 0.25) is 0 Å². The first-order valence-electron chi connectivity index (χ1n) is 6.03. The van der Waals surface area contributed by atoms with Crippen molar-refractivity contribution in [2.45, 2.75) is 58.1 Å². The largest absolute Gasteiger partial charge is 0.503 e. The van der Waals surface area contributed by atoms with Gasteiger partial charge < -0.3 is 20.3 Å². The smallest absolute Gasteiger partial charge is 0.450 e. The van der Waals surface area contributed by atoms with Gasteiger partial charge in [0, 0.05) is 18.9 Å². The predicted octanol–water partition coefficient (Wildman–Crippen LogP) is 2.25. The third-order valence-electron chi connectivity index (χ3n) is 2.26. The zero-order chi connectivity index (χ0) is 15.1. The molecule has 7 nitrogen and oxygen atoms in total. The van der Waals surface area contributed by atoms with Gasteiger partial charge >= 0.3 is 12.2 Å². The second-order valence-electron chi connectivity index (χ2n) is 5.24. The van der Waals surface area contributed by atoms with Gasteiger partial charge in [-0.15, -0.1) is 0 Å². The minimum Gasteiger partial charge on any atom is -0.450 e. The molecule has 0 heterocycles. The van der Waals surface area contributed by atoms with Crippen molar-refractivity contribution in [2.75, 3.05) is 0 Å². The molecule has 19 heavy (non-hydrogen) atoms. The summed E-state index contributed by atoms with van der Waals surface area (Å²) in [6, 6.07) is 0.0950. The fourth-order valence-corrected chi connectivity index (χ4v) is 1.56. The summed E-state index contributed by atoms with van der Waals surface area (Å²) >= 11 is 0. The molecule has 0 spiro atoms. The Morgan fingerprint density at radius 1 is 1.21 bits per heavy atom. The highest BCUT2D eigenvalue weighted by atomic mass is 16.6. The Balaban J connectivity index is 0.000000711. The van der Waals surface area contributed by atoms with Crippen LogP contribution >= 0.6 is 0 Å². The Morgan fingerprint density at radius 3 is 2.00 bits per heavy atom. The molecule has 0 saturated heterocycles. The summed E-state index contributed by atoms with van der Waals surface area (Å²) < 4.78 is 5.13. The minimum atomic E-state index is -1.83. The first-order chi connectivity index (χ1) is 8.60. The van der Waals surface area contributed by atoms with Gasteiger partial charge in [0.05, 0.1) is 0 Å². The lowest BCUT2D eigenvalue weighted by Gasteiger charge is -2.25. The van der Waals surface area contributed by atoms with Gasteiger partial charge in [0.15, 0.2) is 0 Å². The van der Waals surface area contributed by atoms with Crippen molar-refractivity contribution >= 4 is 18.0 Å². The number of nitrogens with one attached hydrogen (secondary N) is 1. The average molecular weight is 275 g/mol. The number of rotatable bonds is 1. The van der Waals surface area contributed by atoms with Crippen LogP contribution in [-0.2, 0) is 9.53 Å². The van der Waals surface area contributed by atoms with Gasteiger partial charge in [-0.05, 0) is 33.6 Å². The van der Waals surface area contributed by atoms with E-state index in [1.54, 1.807) is 0 Å². The van der Waals surface area contributed by atoms with Crippen molar-refractivity contribution < 1.29 is 29.3 Å². The molecule has 0 radical (unpaired) electrons. The van der Waals surface area contributed by atoms with E-state index in [-0.39, 0.29) is 17.9 Å². The SMILES string of the molecule is CC(C)(C)OC(=O)NC1CCC(=O)CC1.O=C(O)O.